The van der Waals surface area contributed by atoms with E-state index in [2.05, 4.69) is 30.9 Å². The van der Waals surface area contributed by atoms with E-state index in [1.807, 2.05) is 6.92 Å². The Balaban J connectivity index is 4.03. The summed E-state index contributed by atoms with van der Waals surface area (Å²) in [6.45, 7) is 3.31. The third-order valence-electron chi connectivity index (χ3n) is 2.84. The quantitative estimate of drug-likeness (QED) is 0.399. The third-order valence-corrected chi connectivity index (χ3v) is 2.84. The second-order valence-corrected chi connectivity index (χ2v) is 4.38. The number of hydrogen-bond donors (Lipinski definition) is 1. The van der Waals surface area contributed by atoms with Gasteiger partial charge in [-0.1, -0.05) is 0 Å². The van der Waals surface area contributed by atoms with Crippen molar-refractivity contribution in [3.8, 4) is 0 Å². The molecule has 0 aromatic carbocycles. The van der Waals surface area contributed by atoms with Gasteiger partial charge in [0.25, 0.3) is 0 Å². The van der Waals surface area contributed by atoms with Gasteiger partial charge in [-0.05, 0) is 13.3 Å². The number of aliphatic hydroxyl groups is 1. The van der Waals surface area contributed by atoms with Crippen LogP contribution in [0.5, 0.6) is 0 Å². The first-order valence-electron chi connectivity index (χ1n) is 5.17. The van der Waals surface area contributed by atoms with Crippen molar-refractivity contribution in [1.82, 2.24) is 0 Å². The number of hydrogen-bond acceptors (Lipinski definition) is 1. The predicted molar refractivity (Wildman–Crippen MR) is 72.9 cm³/mol. The lowest BCUT2D eigenvalue weighted by molar-refractivity contribution is 0.188. The van der Waals surface area contributed by atoms with Crippen LogP contribution in [0.4, 0.5) is 0 Å². The average Bonchev–Trinajstić information content (AvgIpc) is 1.98. The Morgan fingerprint density at radius 1 is 1.42 bits per heavy atom. The molecule has 1 N–H and O–H groups in total. The minimum absolute atomic E-state index is 0.147. The van der Waals surface area contributed by atoms with Crippen molar-refractivity contribution < 1.29 is 5.11 Å². The second-order valence-electron chi connectivity index (χ2n) is 4.38. The van der Waals surface area contributed by atoms with E-state index in [-0.39, 0.29) is 6.10 Å². The molecule has 0 aromatic rings. The smallest absolute Gasteiger partial charge is 0.0638 e. The molecule has 60 valence electrons. The van der Waals surface area contributed by atoms with Crippen LogP contribution in [-0.2, 0) is 0 Å². The number of aliphatic hydroxyl groups excluding tert-OH is 1. The Labute approximate surface area is 81.8 Å². The summed E-state index contributed by atoms with van der Waals surface area (Å²) < 4.78 is 0. The molecule has 2 atom stereocenters. The minimum Gasteiger partial charge on any atom is -0.393 e. The molecule has 0 saturated heterocycles. The summed E-state index contributed by atoms with van der Waals surface area (Å²) in [7, 11) is 10.2. The topological polar surface area (TPSA) is 20.2 Å². The standard InChI is InChI=1S/C4H17B7O/c1-3(12)2-4(10(6)7)11(8)9-5/h3-4,9,12H,2,5-8H2,1H3. The molecule has 12 heavy (non-hydrogen) atoms. The summed E-state index contributed by atoms with van der Waals surface area (Å²) in [6.07, 6.45) is 0.804. The average molecular weight is 157 g/mol. The molecule has 0 heterocycles. The summed E-state index contributed by atoms with van der Waals surface area (Å²) in [6, 6.07) is 0. The molecule has 1 nitrogen and oxygen atoms in total. The van der Waals surface area contributed by atoms with Crippen molar-refractivity contribution in [2.45, 2.75) is 25.2 Å². The van der Waals surface area contributed by atoms with Gasteiger partial charge in [0, 0.05) is 7.06 Å². The van der Waals surface area contributed by atoms with Crippen LogP contribution in [0.1, 0.15) is 13.3 Å². The van der Waals surface area contributed by atoms with Crippen LogP contribution >= 0.6 is 0 Å². The molecule has 8 heteroatoms. The zero-order valence-corrected chi connectivity index (χ0v) is 9.17. The Morgan fingerprint density at radius 3 is 2.17 bits per heavy atom. The lowest BCUT2D eigenvalue weighted by atomic mass is 8.91. The maximum absolute atomic E-state index is 9.32. The van der Waals surface area contributed by atoms with E-state index in [0.717, 1.165) is 12.9 Å². The summed E-state index contributed by atoms with van der Waals surface area (Å²) in [5.74, 6) is 0. The van der Waals surface area contributed by atoms with Crippen LogP contribution < -0.4 is 0 Å². The fraction of sp³-hybridized carbons (Fsp3) is 1.00. The van der Waals surface area contributed by atoms with Crippen molar-refractivity contribution in [3.05, 3.63) is 0 Å². The molecule has 0 aliphatic heterocycles. The van der Waals surface area contributed by atoms with Gasteiger partial charge >= 0.3 is 0 Å². The maximum Gasteiger partial charge on any atom is 0.0638 e. The molecule has 0 amide bonds. The largest absolute Gasteiger partial charge is 0.393 e. The highest BCUT2D eigenvalue weighted by Crippen LogP contribution is 2.16. The highest BCUT2D eigenvalue weighted by molar-refractivity contribution is 7.51. The van der Waals surface area contributed by atoms with E-state index in [4.69, 9.17) is 0 Å². The van der Waals surface area contributed by atoms with Gasteiger partial charge in [-0.2, -0.15) is 0 Å². The van der Waals surface area contributed by atoms with Crippen molar-refractivity contribution in [2.75, 3.05) is 0 Å². The van der Waals surface area contributed by atoms with E-state index in [1.54, 1.807) is 0 Å². The van der Waals surface area contributed by atoms with Gasteiger partial charge in [-0.3, -0.25) is 0 Å². The van der Waals surface area contributed by atoms with Gasteiger partial charge in [0.15, 0.2) is 0 Å². The normalized spacial score (nSPS) is 14.8. The van der Waals surface area contributed by atoms with E-state index < -0.39 is 0 Å². The van der Waals surface area contributed by atoms with E-state index in [9.17, 15) is 5.11 Å². The van der Waals surface area contributed by atoms with Gasteiger partial charge in [-0.25, -0.2) is 0 Å². The van der Waals surface area contributed by atoms with Crippen molar-refractivity contribution >= 4 is 51.0 Å². The zero-order chi connectivity index (χ0) is 9.72. The van der Waals surface area contributed by atoms with Gasteiger partial charge in [0.2, 0.25) is 0 Å². The summed E-state index contributed by atoms with van der Waals surface area (Å²) >= 11 is 0. The highest BCUT2D eigenvalue weighted by Gasteiger charge is 2.24. The van der Waals surface area contributed by atoms with Gasteiger partial charge in [-0.15, -0.1) is 5.72 Å². The lowest BCUT2D eigenvalue weighted by Gasteiger charge is -2.25. The Morgan fingerprint density at radius 2 is 1.92 bits per heavy atom. The molecule has 0 aliphatic carbocycles. The molecular formula is C4H17B7O. The fourth-order valence-corrected chi connectivity index (χ4v) is 1.86. The molecule has 2 unspecified atom stereocenters. The SMILES string of the molecule is BBB(B)C(CC(C)O)B(B)B. The molecule has 0 fully saturated rings. The molecule has 0 saturated carbocycles. The Hall–Kier alpha value is 0.415. The molecule has 0 radical (unpaired) electrons. The second kappa shape index (κ2) is 5.96. The van der Waals surface area contributed by atoms with Crippen LogP contribution in [0.15, 0.2) is 0 Å². The summed E-state index contributed by atoms with van der Waals surface area (Å²) in [5.41, 5.74) is 0.676. The number of rotatable bonds is 5. The van der Waals surface area contributed by atoms with Crippen LogP contribution in [0.25, 0.3) is 0 Å². The molecule has 0 aliphatic rings. The van der Waals surface area contributed by atoms with E-state index in [1.165, 1.54) is 7.06 Å². The van der Waals surface area contributed by atoms with E-state index >= 15 is 0 Å². The van der Waals surface area contributed by atoms with Gasteiger partial charge < -0.3 is 5.11 Å². The minimum atomic E-state index is -0.147. The summed E-state index contributed by atoms with van der Waals surface area (Å²) in [5, 5.41) is 9.32. The molecule has 0 aromatic heterocycles. The molecule has 0 bridgehead atoms. The van der Waals surface area contributed by atoms with Crippen molar-refractivity contribution in [3.63, 3.8) is 0 Å². The molecule has 0 spiro atoms. The monoisotopic (exact) mass is 158 g/mol. The molecular weight excluding hydrogens is 140 g/mol. The predicted octanol–water partition coefficient (Wildman–Crippen LogP) is -4.47. The van der Waals surface area contributed by atoms with Crippen LogP contribution in [0.2, 0.25) is 5.72 Å². The van der Waals surface area contributed by atoms with Crippen LogP contribution in [0.3, 0.4) is 0 Å². The first kappa shape index (κ1) is 12.4. The fourth-order valence-electron chi connectivity index (χ4n) is 1.86. The van der Waals surface area contributed by atoms with Crippen molar-refractivity contribution in [1.29, 1.82) is 0 Å². The zero-order valence-electron chi connectivity index (χ0n) is 9.17. The lowest BCUT2D eigenvalue weighted by Crippen LogP contribution is -2.41. The third kappa shape index (κ3) is 4.44. The van der Waals surface area contributed by atoms with Crippen LogP contribution in [0, 0.1) is 0 Å². The Bertz CT molecular complexity index is 118. The van der Waals surface area contributed by atoms with E-state index in [0.29, 0.717) is 12.2 Å². The van der Waals surface area contributed by atoms with Crippen molar-refractivity contribution in [2.24, 2.45) is 0 Å². The summed E-state index contributed by atoms with van der Waals surface area (Å²) in [4.78, 5) is 0. The molecule has 0 rings (SSSR count). The maximum atomic E-state index is 9.32. The first-order chi connectivity index (χ1) is 5.49. The van der Waals surface area contributed by atoms with Gasteiger partial charge in [0.1, 0.15) is 0 Å². The first-order valence-corrected chi connectivity index (χ1v) is 5.17. The Kier molecular flexibility index (Phi) is 6.16. The highest BCUT2D eigenvalue weighted by atomic mass is 16.3. The van der Waals surface area contributed by atoms with Crippen LogP contribution in [-0.4, -0.2) is 62.2 Å². The van der Waals surface area contributed by atoms with Gasteiger partial charge in [0.05, 0.1) is 50.0 Å².